The van der Waals surface area contributed by atoms with Gasteiger partial charge in [-0.25, -0.2) is 4.68 Å². The molecule has 5 aromatic carbocycles. The molecular formula is C54H59N3O11. The fraction of sp³-hybridized carbons (Fsp3) is 0.407. The first-order chi connectivity index (χ1) is 33.4. The molecule has 0 unspecified atom stereocenters. The van der Waals surface area contributed by atoms with Gasteiger partial charge >= 0.3 is 0 Å². The van der Waals surface area contributed by atoms with Gasteiger partial charge in [-0.3, -0.25) is 0 Å². The highest BCUT2D eigenvalue weighted by Gasteiger charge is 2.59. The van der Waals surface area contributed by atoms with Gasteiger partial charge in [-0.1, -0.05) is 151 Å². The van der Waals surface area contributed by atoms with Crippen LogP contribution < -0.4 is 0 Å². The normalized spacial score (nSPS) is 28.1. The molecule has 3 saturated heterocycles. The minimum Gasteiger partial charge on any atom is -0.374 e. The zero-order valence-corrected chi connectivity index (χ0v) is 38.4. The summed E-state index contributed by atoms with van der Waals surface area (Å²) in [7, 11) is 0. The third kappa shape index (κ3) is 11.6. The SMILES string of the molecule is CC1(C)O[C@H]2O[C@H]([C@H]3COCc4ccccc4Cn4cc(nn4)CO[C@H]4[C@H](O[C@H](COCc5ccccc5)[C@@H](OCc5ccccc5)[C@@H]4OCc4ccccc4)O3)[C@H](OCc3ccccc3)[C@H]2O1. The smallest absolute Gasteiger partial charge is 0.190 e. The first kappa shape index (κ1) is 46.5. The molecule has 356 valence electrons. The molecule has 0 aliphatic carbocycles. The minimum absolute atomic E-state index is 0.0755. The van der Waals surface area contributed by atoms with E-state index in [1.54, 1.807) is 0 Å². The molecule has 0 saturated carbocycles. The average molecular weight is 926 g/mol. The van der Waals surface area contributed by atoms with Gasteiger partial charge in [-0.2, -0.15) is 0 Å². The first-order valence-electron chi connectivity index (χ1n) is 23.5. The van der Waals surface area contributed by atoms with Crippen molar-refractivity contribution >= 4 is 0 Å². The zero-order valence-electron chi connectivity index (χ0n) is 38.4. The first-order valence-corrected chi connectivity index (χ1v) is 23.5. The quantitative estimate of drug-likeness (QED) is 0.106. The van der Waals surface area contributed by atoms with Crippen LogP contribution in [0.15, 0.2) is 152 Å². The molecule has 3 fully saturated rings. The second kappa shape index (κ2) is 22.0. The van der Waals surface area contributed by atoms with Crippen LogP contribution in [0.25, 0.3) is 0 Å². The van der Waals surface area contributed by atoms with Crippen molar-refractivity contribution < 1.29 is 52.1 Å². The monoisotopic (exact) mass is 925 g/mol. The molecule has 68 heavy (non-hydrogen) atoms. The number of ether oxygens (including phenoxy) is 11. The third-order valence-electron chi connectivity index (χ3n) is 12.5. The Kier molecular flexibility index (Phi) is 15.1. The predicted octanol–water partition coefficient (Wildman–Crippen LogP) is 7.70. The van der Waals surface area contributed by atoms with Crippen LogP contribution in [0.1, 0.15) is 52.9 Å². The third-order valence-corrected chi connectivity index (χ3v) is 12.5. The van der Waals surface area contributed by atoms with Crippen molar-refractivity contribution in [3.63, 3.8) is 0 Å². The fourth-order valence-corrected chi connectivity index (χ4v) is 9.21. The number of rotatable bonds is 14. The van der Waals surface area contributed by atoms with Gasteiger partial charge in [0.25, 0.3) is 0 Å². The lowest BCUT2D eigenvalue weighted by molar-refractivity contribution is -0.347. The highest BCUT2D eigenvalue weighted by atomic mass is 16.8. The van der Waals surface area contributed by atoms with Crippen molar-refractivity contribution in [3.8, 4) is 0 Å². The predicted molar refractivity (Wildman–Crippen MR) is 247 cm³/mol. The second-order valence-corrected chi connectivity index (χ2v) is 18.0. The summed E-state index contributed by atoms with van der Waals surface area (Å²) in [6, 6.07) is 48.3. The van der Waals surface area contributed by atoms with E-state index in [4.69, 9.17) is 52.1 Å². The molecule has 6 aromatic rings. The number of hydrogen-bond acceptors (Lipinski definition) is 13. The van der Waals surface area contributed by atoms with Crippen molar-refractivity contribution in [2.24, 2.45) is 0 Å². The van der Waals surface area contributed by atoms with Crippen LogP contribution in [-0.4, -0.2) is 95.4 Å². The van der Waals surface area contributed by atoms with Gasteiger partial charge in [0.15, 0.2) is 18.4 Å². The van der Waals surface area contributed by atoms with Crippen molar-refractivity contribution in [1.82, 2.24) is 15.0 Å². The van der Waals surface area contributed by atoms with E-state index < -0.39 is 67.2 Å². The van der Waals surface area contributed by atoms with Crippen LogP contribution in [0.4, 0.5) is 0 Å². The van der Waals surface area contributed by atoms with Gasteiger partial charge in [-0.05, 0) is 47.2 Å². The van der Waals surface area contributed by atoms with Gasteiger partial charge in [0.05, 0.1) is 65.6 Å². The van der Waals surface area contributed by atoms with Gasteiger partial charge in [0.1, 0.15) is 54.5 Å². The molecule has 5 heterocycles. The van der Waals surface area contributed by atoms with Crippen molar-refractivity contribution in [3.05, 3.63) is 191 Å². The summed E-state index contributed by atoms with van der Waals surface area (Å²) in [6.45, 7) is 6.05. The van der Waals surface area contributed by atoms with E-state index in [0.29, 0.717) is 25.5 Å². The Balaban J connectivity index is 1.03. The van der Waals surface area contributed by atoms with E-state index in [9.17, 15) is 0 Å². The van der Waals surface area contributed by atoms with E-state index in [1.807, 2.05) is 158 Å². The summed E-state index contributed by atoms with van der Waals surface area (Å²) < 4.78 is 76.8. The standard InChI is InChI=1S/C54H59N3O11/c1-54(2)67-51-49(62-32-40-23-13-6-14-24-40)47(66-53(51)68-54)45-36-59-33-42-26-16-15-25-41(42)27-57-28-43(55-56-57)34-63-50-48(61-31-39-21-11-5-12-22-39)46(60-30-38-19-9-4-10-20-38)44(64-52(50)65-45)35-58-29-37-17-7-3-8-18-37/h3-26,28,44-53H,27,29-36H2,1-2H3/t44-,45-,46-,47-,48+,49+,50-,51-,52-,53-/m1/s1. The molecule has 0 radical (unpaired) electrons. The van der Waals surface area contributed by atoms with Gasteiger partial charge in [0.2, 0.25) is 0 Å². The Bertz CT molecular complexity index is 2460. The topological polar surface area (TPSA) is 132 Å². The van der Waals surface area contributed by atoms with Crippen molar-refractivity contribution in [2.75, 3.05) is 13.2 Å². The highest BCUT2D eigenvalue weighted by Crippen LogP contribution is 2.42. The Morgan fingerprint density at radius 2 is 1.13 bits per heavy atom. The largest absolute Gasteiger partial charge is 0.374 e. The van der Waals surface area contributed by atoms with Crippen LogP contribution in [-0.2, 0) is 98.3 Å². The van der Waals surface area contributed by atoms with Gasteiger partial charge in [0, 0.05) is 0 Å². The van der Waals surface area contributed by atoms with Crippen LogP contribution >= 0.6 is 0 Å². The summed E-state index contributed by atoms with van der Waals surface area (Å²) in [4.78, 5) is 0. The number of aromatic nitrogens is 3. The lowest BCUT2D eigenvalue weighted by Crippen LogP contribution is -2.63. The molecule has 14 heteroatoms. The molecule has 2 bridgehead atoms. The molecule has 10 rings (SSSR count). The van der Waals surface area contributed by atoms with Gasteiger partial charge in [-0.15, -0.1) is 5.10 Å². The number of fused-ring (bicyclic) bond motifs is 5. The molecule has 0 spiro atoms. The van der Waals surface area contributed by atoms with Crippen molar-refractivity contribution in [1.29, 1.82) is 0 Å². The molecule has 0 N–H and O–H groups in total. The Hall–Kier alpha value is -5.20. The minimum atomic E-state index is -1.07. The molecule has 0 amide bonds. The Morgan fingerprint density at radius 1 is 0.559 bits per heavy atom. The summed E-state index contributed by atoms with van der Waals surface area (Å²) in [5, 5.41) is 9.01. The molecule has 10 atom stereocenters. The van der Waals surface area contributed by atoms with Gasteiger partial charge < -0.3 is 52.1 Å². The van der Waals surface area contributed by atoms with E-state index in [1.165, 1.54) is 0 Å². The summed E-state index contributed by atoms with van der Waals surface area (Å²) in [6.07, 6.45) is -5.63. The lowest BCUT2D eigenvalue weighted by atomic mass is 9.97. The molecule has 4 aliphatic rings. The molecular weight excluding hydrogens is 867 g/mol. The van der Waals surface area contributed by atoms with E-state index in [0.717, 1.165) is 33.4 Å². The van der Waals surface area contributed by atoms with Crippen LogP contribution in [0.2, 0.25) is 0 Å². The maximum atomic E-state index is 7.31. The van der Waals surface area contributed by atoms with E-state index >= 15 is 0 Å². The number of nitrogens with zero attached hydrogens (tertiary/aromatic N) is 3. The molecule has 14 nitrogen and oxygen atoms in total. The average Bonchev–Trinajstić information content (AvgIpc) is 4.04. The summed E-state index contributed by atoms with van der Waals surface area (Å²) >= 11 is 0. The Morgan fingerprint density at radius 3 is 1.78 bits per heavy atom. The van der Waals surface area contributed by atoms with Crippen molar-refractivity contribution in [2.45, 2.75) is 127 Å². The molecule has 1 aromatic heterocycles. The van der Waals surface area contributed by atoms with Crippen LogP contribution in [0, 0.1) is 0 Å². The van der Waals surface area contributed by atoms with E-state index in [2.05, 4.69) is 22.4 Å². The Labute approximate surface area is 397 Å². The summed E-state index contributed by atoms with van der Waals surface area (Å²) in [5.41, 5.74) is 6.67. The second-order valence-electron chi connectivity index (χ2n) is 18.0. The zero-order chi connectivity index (χ0) is 46.1. The molecule has 4 aliphatic heterocycles. The maximum Gasteiger partial charge on any atom is 0.190 e. The lowest BCUT2D eigenvalue weighted by Gasteiger charge is -2.47. The van der Waals surface area contributed by atoms with E-state index in [-0.39, 0.29) is 39.6 Å². The number of hydrogen-bond donors (Lipinski definition) is 0. The summed E-state index contributed by atoms with van der Waals surface area (Å²) in [5.74, 6) is -0.893. The fourth-order valence-electron chi connectivity index (χ4n) is 9.21. The maximum absolute atomic E-state index is 7.31. The van der Waals surface area contributed by atoms with Crippen LogP contribution in [0.3, 0.4) is 0 Å². The van der Waals surface area contributed by atoms with Crippen LogP contribution in [0.5, 0.6) is 0 Å². The highest BCUT2D eigenvalue weighted by molar-refractivity contribution is 5.27. The number of benzene rings is 5.